The van der Waals surface area contributed by atoms with Crippen molar-refractivity contribution in [3.05, 3.63) is 0 Å². The first-order valence-corrected chi connectivity index (χ1v) is 5.93. The zero-order valence-electron chi connectivity index (χ0n) is 8.90. The van der Waals surface area contributed by atoms with Crippen LogP contribution in [-0.4, -0.2) is 12.1 Å². The lowest BCUT2D eigenvalue weighted by atomic mass is 9.72. The molecular weight excluding hydrogens is 158 g/mol. The molecule has 3 rings (SSSR count). The largest absolute Gasteiger partial charge is 0.311 e. The van der Waals surface area contributed by atoms with E-state index >= 15 is 0 Å². The van der Waals surface area contributed by atoms with Crippen LogP contribution in [0.2, 0.25) is 0 Å². The van der Waals surface area contributed by atoms with Gasteiger partial charge < -0.3 is 5.32 Å². The van der Waals surface area contributed by atoms with E-state index in [1.165, 1.54) is 25.7 Å². The van der Waals surface area contributed by atoms with Crippen LogP contribution < -0.4 is 5.32 Å². The summed E-state index contributed by atoms with van der Waals surface area (Å²) in [5.41, 5.74) is 1.41. The molecule has 1 N–H and O–H groups in total. The predicted molar refractivity (Wildman–Crippen MR) is 54.6 cm³/mol. The normalized spacial score (nSPS) is 57.7. The minimum absolute atomic E-state index is 0.579. The molecule has 0 heterocycles. The summed E-state index contributed by atoms with van der Waals surface area (Å²) in [6, 6.07) is 0. The van der Waals surface area contributed by atoms with Gasteiger partial charge in [-0.25, -0.2) is 0 Å². The highest BCUT2D eigenvalue weighted by Crippen LogP contribution is 2.72. The molecule has 0 aromatic heterocycles. The molecule has 0 aliphatic heterocycles. The van der Waals surface area contributed by atoms with Gasteiger partial charge in [-0.05, 0) is 55.9 Å². The van der Waals surface area contributed by atoms with Gasteiger partial charge >= 0.3 is 0 Å². The zero-order valence-corrected chi connectivity index (χ0v) is 8.90. The van der Waals surface area contributed by atoms with Crippen molar-refractivity contribution in [2.75, 3.05) is 6.54 Å². The molecule has 0 aromatic carbocycles. The Hall–Kier alpha value is -0.0400. The van der Waals surface area contributed by atoms with Crippen molar-refractivity contribution >= 4 is 0 Å². The molecule has 1 nitrogen and oxygen atoms in total. The molecule has 3 fully saturated rings. The standard InChI is InChI=1S/C12H21N/c1-3-13-12-5-9(2)4-11(8-12)6-10(11)7-12/h9-10,13H,3-8H2,1-2H3. The molecule has 2 bridgehead atoms. The molecule has 0 saturated heterocycles. The number of rotatable bonds is 2. The molecule has 74 valence electrons. The maximum Gasteiger partial charge on any atom is 0.0192 e. The summed E-state index contributed by atoms with van der Waals surface area (Å²) in [5, 5.41) is 3.78. The van der Waals surface area contributed by atoms with Gasteiger partial charge in [0.1, 0.15) is 0 Å². The average Bonchev–Trinajstić information content (AvgIpc) is 2.53. The van der Waals surface area contributed by atoms with Crippen molar-refractivity contribution in [2.45, 2.75) is 51.5 Å². The van der Waals surface area contributed by atoms with Crippen LogP contribution in [0.15, 0.2) is 0 Å². The summed E-state index contributed by atoms with van der Waals surface area (Å²) in [6.07, 6.45) is 7.53. The molecule has 1 spiro atoms. The Morgan fingerprint density at radius 1 is 1.23 bits per heavy atom. The fourth-order valence-corrected chi connectivity index (χ4v) is 4.65. The second-order valence-electron chi connectivity index (χ2n) is 5.97. The van der Waals surface area contributed by atoms with Crippen molar-refractivity contribution in [3.63, 3.8) is 0 Å². The zero-order chi connectivity index (χ0) is 9.10. The first-order valence-electron chi connectivity index (χ1n) is 5.93. The summed E-state index contributed by atoms with van der Waals surface area (Å²) in [5.74, 6) is 2.08. The number of nitrogens with one attached hydrogen (secondary N) is 1. The van der Waals surface area contributed by atoms with Crippen LogP contribution in [0, 0.1) is 17.3 Å². The maximum absolute atomic E-state index is 3.78. The fraction of sp³-hybridized carbons (Fsp3) is 1.00. The van der Waals surface area contributed by atoms with Crippen LogP contribution in [0.1, 0.15) is 46.0 Å². The number of fused-ring (bicyclic) bond motifs is 1. The summed E-state index contributed by atoms with van der Waals surface area (Å²) < 4.78 is 0. The summed E-state index contributed by atoms with van der Waals surface area (Å²) in [4.78, 5) is 0. The third kappa shape index (κ3) is 1.03. The van der Waals surface area contributed by atoms with E-state index < -0.39 is 0 Å². The van der Waals surface area contributed by atoms with Crippen molar-refractivity contribution in [2.24, 2.45) is 17.3 Å². The van der Waals surface area contributed by atoms with E-state index in [0.717, 1.165) is 23.8 Å². The number of hydrogen-bond acceptors (Lipinski definition) is 1. The second kappa shape index (κ2) is 2.31. The van der Waals surface area contributed by atoms with Crippen LogP contribution in [0.3, 0.4) is 0 Å². The summed E-state index contributed by atoms with van der Waals surface area (Å²) in [6.45, 7) is 5.87. The van der Waals surface area contributed by atoms with Crippen molar-refractivity contribution in [1.82, 2.24) is 5.32 Å². The highest BCUT2D eigenvalue weighted by atomic mass is 15.0. The Morgan fingerprint density at radius 3 is 2.85 bits per heavy atom. The molecule has 1 heteroatoms. The van der Waals surface area contributed by atoms with Gasteiger partial charge in [0.05, 0.1) is 0 Å². The van der Waals surface area contributed by atoms with Gasteiger partial charge in [-0.2, -0.15) is 0 Å². The molecule has 0 radical (unpaired) electrons. The first-order chi connectivity index (χ1) is 6.18. The van der Waals surface area contributed by atoms with Gasteiger partial charge in [0.2, 0.25) is 0 Å². The second-order valence-corrected chi connectivity index (χ2v) is 5.97. The molecule has 13 heavy (non-hydrogen) atoms. The highest BCUT2D eigenvalue weighted by Gasteiger charge is 2.67. The lowest BCUT2D eigenvalue weighted by Gasteiger charge is -2.40. The Labute approximate surface area is 81.3 Å². The summed E-state index contributed by atoms with van der Waals surface area (Å²) in [7, 11) is 0. The summed E-state index contributed by atoms with van der Waals surface area (Å²) >= 11 is 0. The van der Waals surface area contributed by atoms with Gasteiger partial charge in [0.15, 0.2) is 0 Å². The van der Waals surface area contributed by atoms with E-state index in [-0.39, 0.29) is 0 Å². The lowest BCUT2D eigenvalue weighted by Crippen LogP contribution is -2.48. The van der Waals surface area contributed by atoms with E-state index in [0.29, 0.717) is 5.54 Å². The Morgan fingerprint density at radius 2 is 2.08 bits per heavy atom. The minimum atomic E-state index is 0.579. The molecule has 0 aromatic rings. The van der Waals surface area contributed by atoms with E-state index in [1.807, 2.05) is 0 Å². The van der Waals surface area contributed by atoms with Gasteiger partial charge in [-0.15, -0.1) is 0 Å². The van der Waals surface area contributed by atoms with E-state index in [4.69, 9.17) is 0 Å². The molecule has 3 saturated carbocycles. The molecule has 3 aliphatic carbocycles. The SMILES string of the molecule is CCNC12CC(C)CC3(CC3C1)C2. The smallest absolute Gasteiger partial charge is 0.0192 e. The predicted octanol–water partition coefficient (Wildman–Crippen LogP) is 2.56. The average molecular weight is 179 g/mol. The number of hydrogen-bond donors (Lipinski definition) is 1. The van der Waals surface area contributed by atoms with E-state index in [1.54, 1.807) is 6.42 Å². The van der Waals surface area contributed by atoms with Crippen LogP contribution >= 0.6 is 0 Å². The Balaban J connectivity index is 1.84. The topological polar surface area (TPSA) is 12.0 Å². The third-order valence-electron chi connectivity index (χ3n) is 4.73. The van der Waals surface area contributed by atoms with Gasteiger partial charge in [0.25, 0.3) is 0 Å². The van der Waals surface area contributed by atoms with Gasteiger partial charge in [-0.1, -0.05) is 13.8 Å². The van der Waals surface area contributed by atoms with E-state index in [9.17, 15) is 0 Å². The van der Waals surface area contributed by atoms with Crippen LogP contribution in [0.5, 0.6) is 0 Å². The molecular formula is C12H21N. The Bertz CT molecular complexity index is 233. The monoisotopic (exact) mass is 179 g/mol. The maximum atomic E-state index is 3.78. The van der Waals surface area contributed by atoms with Gasteiger partial charge in [0, 0.05) is 5.54 Å². The molecule has 3 aliphatic rings. The van der Waals surface area contributed by atoms with Crippen LogP contribution in [0.4, 0.5) is 0 Å². The molecule has 0 amide bonds. The highest BCUT2D eigenvalue weighted by molar-refractivity contribution is 5.20. The quantitative estimate of drug-likeness (QED) is 0.687. The molecule has 4 atom stereocenters. The Kier molecular flexibility index (Phi) is 1.47. The van der Waals surface area contributed by atoms with Gasteiger partial charge in [-0.3, -0.25) is 0 Å². The third-order valence-corrected chi connectivity index (χ3v) is 4.73. The van der Waals surface area contributed by atoms with Crippen molar-refractivity contribution < 1.29 is 0 Å². The van der Waals surface area contributed by atoms with Crippen LogP contribution in [-0.2, 0) is 0 Å². The first kappa shape index (κ1) is 8.28. The van der Waals surface area contributed by atoms with Crippen molar-refractivity contribution in [3.8, 4) is 0 Å². The lowest BCUT2D eigenvalue weighted by molar-refractivity contribution is 0.162. The molecule has 4 unspecified atom stereocenters. The minimum Gasteiger partial charge on any atom is -0.311 e. The van der Waals surface area contributed by atoms with Crippen LogP contribution in [0.25, 0.3) is 0 Å². The van der Waals surface area contributed by atoms with E-state index in [2.05, 4.69) is 19.2 Å². The fourth-order valence-electron chi connectivity index (χ4n) is 4.65. The van der Waals surface area contributed by atoms with Crippen molar-refractivity contribution in [1.29, 1.82) is 0 Å².